The number of imidazole rings is 1. The fourth-order valence-corrected chi connectivity index (χ4v) is 3.15. The highest BCUT2D eigenvalue weighted by molar-refractivity contribution is 6.10. The summed E-state index contributed by atoms with van der Waals surface area (Å²) in [6.45, 7) is 2.55. The molecule has 0 amide bonds. The van der Waals surface area contributed by atoms with Crippen LogP contribution in [0.3, 0.4) is 0 Å². The average Bonchev–Trinajstić information content (AvgIpc) is 3.08. The van der Waals surface area contributed by atoms with Crippen LogP contribution < -0.4 is 0 Å². The number of carbonyl (C=O) groups is 1. The molecule has 0 aliphatic carbocycles. The van der Waals surface area contributed by atoms with Gasteiger partial charge < -0.3 is 14.5 Å². The normalized spacial score (nSPS) is 18.7. The van der Waals surface area contributed by atoms with Crippen LogP contribution in [0.2, 0.25) is 0 Å². The molecule has 1 saturated heterocycles. The largest absolute Gasteiger partial charge is 0.481 e. The lowest BCUT2D eigenvalue weighted by Gasteiger charge is -2.29. The number of aliphatic carboxylic acids is 1. The van der Waals surface area contributed by atoms with Crippen LogP contribution in [0.1, 0.15) is 24.2 Å². The number of hydrogen-bond donors (Lipinski definition) is 1. The van der Waals surface area contributed by atoms with Gasteiger partial charge in [-0.1, -0.05) is 35.5 Å². The highest BCUT2D eigenvalue weighted by Crippen LogP contribution is 2.16. The molecule has 7 heteroatoms. The first-order chi connectivity index (χ1) is 12.6. The Bertz CT molecular complexity index is 757. The van der Waals surface area contributed by atoms with Crippen molar-refractivity contribution in [3.8, 4) is 0 Å². The molecule has 26 heavy (non-hydrogen) atoms. The number of benzene rings is 1. The van der Waals surface area contributed by atoms with Crippen LogP contribution >= 0.6 is 0 Å². The van der Waals surface area contributed by atoms with E-state index in [4.69, 9.17) is 9.94 Å². The fourth-order valence-electron chi connectivity index (χ4n) is 3.15. The molecule has 138 valence electrons. The van der Waals surface area contributed by atoms with Crippen molar-refractivity contribution in [3.63, 3.8) is 0 Å². The zero-order valence-electron chi connectivity index (χ0n) is 14.9. The van der Waals surface area contributed by atoms with Gasteiger partial charge in [0, 0.05) is 38.1 Å². The number of oxime groups is 1. The van der Waals surface area contributed by atoms with Gasteiger partial charge in [-0.3, -0.25) is 9.69 Å². The Morgan fingerprint density at radius 1 is 1.38 bits per heavy atom. The van der Waals surface area contributed by atoms with E-state index in [0.29, 0.717) is 25.4 Å². The van der Waals surface area contributed by atoms with Crippen LogP contribution in [0.15, 0.2) is 47.9 Å². The maximum absolute atomic E-state index is 11.2. The van der Waals surface area contributed by atoms with E-state index in [-0.39, 0.29) is 5.92 Å². The summed E-state index contributed by atoms with van der Waals surface area (Å²) in [6, 6.07) is 9.80. The van der Waals surface area contributed by atoms with Crippen LogP contribution in [0, 0.1) is 5.92 Å². The summed E-state index contributed by atoms with van der Waals surface area (Å²) in [5.41, 5.74) is 1.62. The number of aromatic nitrogens is 2. The topological polar surface area (TPSA) is 80.0 Å². The number of likely N-dealkylation sites (tertiary alicyclic amines) is 1. The van der Waals surface area contributed by atoms with Crippen molar-refractivity contribution in [1.82, 2.24) is 14.5 Å². The van der Waals surface area contributed by atoms with Crippen LogP contribution in [0.5, 0.6) is 0 Å². The summed E-state index contributed by atoms with van der Waals surface area (Å²) in [4.78, 5) is 23.2. The van der Waals surface area contributed by atoms with E-state index < -0.39 is 5.97 Å². The lowest BCUT2D eigenvalue weighted by atomic mass is 9.98. The Labute approximate surface area is 152 Å². The van der Waals surface area contributed by atoms with Gasteiger partial charge in [-0.2, -0.15) is 0 Å². The third-order valence-electron chi connectivity index (χ3n) is 4.59. The molecule has 1 atom stereocenters. The number of piperidine rings is 1. The minimum atomic E-state index is -0.713. The molecule has 1 aromatic carbocycles. The van der Waals surface area contributed by atoms with Crippen LogP contribution in [-0.2, 0) is 16.7 Å². The molecule has 3 rings (SSSR count). The van der Waals surface area contributed by atoms with Crippen molar-refractivity contribution < 1.29 is 14.7 Å². The predicted molar refractivity (Wildman–Crippen MR) is 98.0 cm³/mol. The summed E-state index contributed by atoms with van der Waals surface area (Å²) >= 11 is 0. The Morgan fingerprint density at radius 3 is 2.88 bits per heavy atom. The van der Waals surface area contributed by atoms with Crippen LogP contribution in [0.4, 0.5) is 0 Å². The molecule has 1 aliphatic heterocycles. The first-order valence-corrected chi connectivity index (χ1v) is 8.83. The van der Waals surface area contributed by atoms with E-state index >= 15 is 0 Å². The van der Waals surface area contributed by atoms with E-state index in [1.807, 2.05) is 48.1 Å². The second kappa shape index (κ2) is 8.62. The molecule has 0 saturated carbocycles. The Kier molecular flexibility index (Phi) is 6.01. The van der Waals surface area contributed by atoms with Crippen molar-refractivity contribution in [1.29, 1.82) is 0 Å². The van der Waals surface area contributed by atoms with Crippen LogP contribution in [-0.4, -0.2) is 57.5 Å². The monoisotopic (exact) mass is 356 g/mol. The standard InChI is InChI=1S/C19H24N4O3/c1-22-11-9-20-18(22)17(15-6-3-2-4-7-15)21-26-13-12-23-10-5-8-16(14-23)19(24)25/h2-4,6-7,9,11,16H,5,8,10,12-14H2,1H3,(H,24,25). The second-order valence-electron chi connectivity index (χ2n) is 6.48. The molecule has 1 fully saturated rings. The van der Waals surface area contributed by atoms with Crippen molar-refractivity contribution in [2.24, 2.45) is 18.1 Å². The number of hydrogen-bond acceptors (Lipinski definition) is 5. The first-order valence-electron chi connectivity index (χ1n) is 8.83. The molecule has 2 heterocycles. The van der Waals surface area contributed by atoms with Crippen molar-refractivity contribution >= 4 is 11.7 Å². The molecule has 0 bridgehead atoms. The maximum atomic E-state index is 11.2. The number of aryl methyl sites for hydroxylation is 1. The van der Waals surface area contributed by atoms with Gasteiger partial charge >= 0.3 is 5.97 Å². The van der Waals surface area contributed by atoms with E-state index in [9.17, 15) is 4.79 Å². The van der Waals surface area contributed by atoms with Crippen LogP contribution in [0.25, 0.3) is 0 Å². The zero-order chi connectivity index (χ0) is 18.4. The molecule has 7 nitrogen and oxygen atoms in total. The molecule has 1 aromatic heterocycles. The third kappa shape index (κ3) is 4.49. The highest BCUT2D eigenvalue weighted by atomic mass is 16.6. The minimum absolute atomic E-state index is 0.278. The Hall–Kier alpha value is -2.67. The number of carboxylic acid groups (broad SMARTS) is 1. The van der Waals surface area contributed by atoms with Gasteiger partial charge in [0.15, 0.2) is 11.5 Å². The molecule has 1 aliphatic rings. The van der Waals surface area contributed by atoms with Gasteiger partial charge in [-0.25, -0.2) is 4.98 Å². The van der Waals surface area contributed by atoms with Gasteiger partial charge in [-0.15, -0.1) is 0 Å². The summed E-state index contributed by atoms with van der Waals surface area (Å²) in [7, 11) is 1.92. The molecule has 0 spiro atoms. The maximum Gasteiger partial charge on any atom is 0.307 e. The lowest BCUT2D eigenvalue weighted by molar-refractivity contribution is -0.143. The number of rotatable bonds is 7. The second-order valence-corrected chi connectivity index (χ2v) is 6.48. The SMILES string of the molecule is Cn1ccnc1C(=NOCCN1CCCC(C(=O)O)C1)c1ccccc1. The van der Waals surface area contributed by atoms with Gasteiger partial charge in [0.1, 0.15) is 6.61 Å². The molecular weight excluding hydrogens is 332 g/mol. The zero-order valence-corrected chi connectivity index (χ0v) is 14.9. The molecule has 1 unspecified atom stereocenters. The smallest absolute Gasteiger partial charge is 0.307 e. The fraction of sp³-hybridized carbons (Fsp3) is 0.421. The lowest BCUT2D eigenvalue weighted by Crippen LogP contribution is -2.40. The van der Waals surface area contributed by atoms with Gasteiger partial charge in [0.2, 0.25) is 0 Å². The summed E-state index contributed by atoms with van der Waals surface area (Å²) in [5, 5.41) is 13.5. The summed E-state index contributed by atoms with van der Waals surface area (Å²) in [6.07, 6.45) is 5.26. The van der Waals surface area contributed by atoms with Crippen molar-refractivity contribution in [2.45, 2.75) is 12.8 Å². The first kappa shape index (κ1) is 18.1. The third-order valence-corrected chi connectivity index (χ3v) is 4.59. The highest BCUT2D eigenvalue weighted by Gasteiger charge is 2.25. The minimum Gasteiger partial charge on any atom is -0.481 e. The summed E-state index contributed by atoms with van der Waals surface area (Å²) in [5.74, 6) is -0.255. The molecule has 1 N–H and O–H groups in total. The van der Waals surface area contributed by atoms with Gasteiger partial charge in [-0.05, 0) is 19.4 Å². The Morgan fingerprint density at radius 2 is 2.19 bits per heavy atom. The number of carboxylic acids is 1. The van der Waals surface area contributed by atoms with E-state index in [2.05, 4.69) is 15.0 Å². The predicted octanol–water partition coefficient (Wildman–Crippen LogP) is 1.99. The van der Waals surface area contributed by atoms with E-state index in [1.54, 1.807) is 6.20 Å². The molecule has 0 radical (unpaired) electrons. The average molecular weight is 356 g/mol. The Balaban J connectivity index is 1.63. The molecular formula is C19H24N4O3. The molecule has 2 aromatic rings. The van der Waals surface area contributed by atoms with Gasteiger partial charge in [0.25, 0.3) is 0 Å². The van der Waals surface area contributed by atoms with E-state index in [0.717, 1.165) is 30.8 Å². The van der Waals surface area contributed by atoms with E-state index in [1.165, 1.54) is 0 Å². The quantitative estimate of drug-likeness (QED) is 0.466. The number of nitrogens with zero attached hydrogens (tertiary/aromatic N) is 4. The van der Waals surface area contributed by atoms with Crippen molar-refractivity contribution in [3.05, 3.63) is 54.1 Å². The van der Waals surface area contributed by atoms with Crippen molar-refractivity contribution in [2.75, 3.05) is 26.2 Å². The summed E-state index contributed by atoms with van der Waals surface area (Å²) < 4.78 is 1.90. The van der Waals surface area contributed by atoms with Gasteiger partial charge in [0.05, 0.1) is 5.92 Å².